The zero-order valence-corrected chi connectivity index (χ0v) is 17.5. The van der Waals surface area contributed by atoms with Crippen molar-refractivity contribution in [1.82, 2.24) is 10.1 Å². The fraction of sp³-hybridized carbons (Fsp3) is 0.150. The number of halogens is 3. The Kier molecular flexibility index (Phi) is 6.84. The van der Waals surface area contributed by atoms with E-state index >= 15 is 0 Å². The van der Waals surface area contributed by atoms with Gasteiger partial charge in [-0.1, -0.05) is 30.3 Å². The molecule has 0 bridgehead atoms. The molecule has 0 aliphatic heterocycles. The SMILES string of the molecule is O=C(CCNS(=O)(=O)c1ccc2ccccc2c1)NNc1ccc(C(F)(F)F)cc1[N+](=O)[O-]. The van der Waals surface area contributed by atoms with E-state index in [0.29, 0.717) is 12.1 Å². The first kappa shape index (κ1) is 23.9. The molecule has 0 saturated heterocycles. The molecule has 0 aromatic heterocycles. The van der Waals surface area contributed by atoms with E-state index in [4.69, 9.17) is 0 Å². The van der Waals surface area contributed by atoms with Gasteiger partial charge in [0.2, 0.25) is 15.9 Å². The van der Waals surface area contributed by atoms with Crippen LogP contribution in [0.1, 0.15) is 12.0 Å². The Morgan fingerprint density at radius 3 is 2.36 bits per heavy atom. The first-order chi connectivity index (χ1) is 15.5. The highest BCUT2D eigenvalue weighted by Crippen LogP contribution is 2.34. The molecule has 33 heavy (non-hydrogen) atoms. The fourth-order valence-corrected chi connectivity index (χ4v) is 3.95. The summed E-state index contributed by atoms with van der Waals surface area (Å²) >= 11 is 0. The van der Waals surface area contributed by atoms with E-state index in [1.54, 1.807) is 18.2 Å². The number of hydrazine groups is 1. The average molecular weight is 482 g/mol. The third-order valence-corrected chi connectivity index (χ3v) is 5.99. The Hall–Kier alpha value is -3.71. The molecular weight excluding hydrogens is 465 g/mol. The Balaban J connectivity index is 1.57. The maximum absolute atomic E-state index is 12.7. The molecule has 0 heterocycles. The van der Waals surface area contributed by atoms with Crippen LogP contribution in [0.3, 0.4) is 0 Å². The zero-order valence-electron chi connectivity index (χ0n) is 16.7. The van der Waals surface area contributed by atoms with Crippen molar-refractivity contribution in [3.8, 4) is 0 Å². The van der Waals surface area contributed by atoms with Crippen LogP contribution in [0, 0.1) is 10.1 Å². The molecule has 3 aromatic rings. The van der Waals surface area contributed by atoms with Crippen LogP contribution < -0.4 is 15.6 Å². The molecule has 3 N–H and O–H groups in total. The lowest BCUT2D eigenvalue weighted by Crippen LogP contribution is -2.33. The van der Waals surface area contributed by atoms with Crippen molar-refractivity contribution in [2.45, 2.75) is 17.5 Å². The van der Waals surface area contributed by atoms with E-state index in [1.165, 1.54) is 12.1 Å². The second kappa shape index (κ2) is 9.42. The maximum atomic E-state index is 12.7. The van der Waals surface area contributed by atoms with E-state index in [0.717, 1.165) is 16.8 Å². The van der Waals surface area contributed by atoms with Gasteiger partial charge in [0.25, 0.3) is 5.69 Å². The second-order valence-corrected chi connectivity index (χ2v) is 8.58. The number of hydrogen-bond donors (Lipinski definition) is 3. The number of carbonyl (C=O) groups excluding carboxylic acids is 1. The van der Waals surface area contributed by atoms with E-state index < -0.39 is 38.3 Å². The lowest BCUT2D eigenvalue weighted by atomic mass is 10.1. The average Bonchev–Trinajstić information content (AvgIpc) is 2.76. The first-order valence-electron chi connectivity index (χ1n) is 9.36. The van der Waals surface area contributed by atoms with Gasteiger partial charge in [-0.2, -0.15) is 13.2 Å². The number of nitro groups is 1. The Morgan fingerprint density at radius 2 is 1.70 bits per heavy atom. The minimum absolute atomic E-state index is 0.0140. The quantitative estimate of drug-likeness (QED) is 0.332. The highest BCUT2D eigenvalue weighted by molar-refractivity contribution is 7.89. The third kappa shape index (κ3) is 5.96. The summed E-state index contributed by atoms with van der Waals surface area (Å²) in [5.41, 5.74) is 1.82. The smallest absolute Gasteiger partial charge is 0.292 e. The number of amides is 1. The molecule has 0 radical (unpaired) electrons. The lowest BCUT2D eigenvalue weighted by Gasteiger charge is -2.12. The Morgan fingerprint density at radius 1 is 1.00 bits per heavy atom. The van der Waals surface area contributed by atoms with Crippen LogP contribution in [-0.2, 0) is 21.0 Å². The molecule has 0 unspecified atom stereocenters. The number of benzene rings is 3. The number of rotatable bonds is 8. The van der Waals surface area contributed by atoms with Gasteiger partial charge in [0.15, 0.2) is 0 Å². The number of nitrogens with zero attached hydrogens (tertiary/aromatic N) is 1. The molecule has 0 aliphatic carbocycles. The molecular formula is C20H17F3N4O5S. The predicted octanol–water partition coefficient (Wildman–Crippen LogP) is 3.58. The van der Waals surface area contributed by atoms with Crippen molar-refractivity contribution in [3.63, 3.8) is 0 Å². The van der Waals surface area contributed by atoms with Crippen LogP contribution in [0.25, 0.3) is 10.8 Å². The molecule has 0 saturated carbocycles. The number of nitro benzene ring substituents is 1. The zero-order chi connectivity index (χ0) is 24.2. The predicted molar refractivity (Wildman–Crippen MR) is 114 cm³/mol. The summed E-state index contributed by atoms with van der Waals surface area (Å²) in [6, 6.07) is 13.5. The number of sulfonamides is 1. The largest absolute Gasteiger partial charge is 0.416 e. The standard InChI is InChI=1S/C20H17F3N4O5S/c21-20(22,23)15-6-8-17(18(12-15)27(29)30)25-26-19(28)9-10-24-33(31,32)16-7-5-13-3-1-2-4-14(13)11-16/h1-8,11-12,24-25H,9-10H2,(H,26,28). The summed E-state index contributed by atoms with van der Waals surface area (Å²) in [4.78, 5) is 22.0. The highest BCUT2D eigenvalue weighted by Gasteiger charge is 2.33. The van der Waals surface area contributed by atoms with E-state index in [1.807, 2.05) is 12.1 Å². The van der Waals surface area contributed by atoms with Gasteiger partial charge in [-0.15, -0.1) is 0 Å². The monoisotopic (exact) mass is 482 g/mol. The van der Waals surface area contributed by atoms with Crippen molar-refractivity contribution in [3.05, 3.63) is 76.3 Å². The van der Waals surface area contributed by atoms with E-state index in [9.17, 15) is 36.5 Å². The maximum Gasteiger partial charge on any atom is 0.416 e. The number of fused-ring (bicyclic) bond motifs is 1. The van der Waals surface area contributed by atoms with E-state index in [-0.39, 0.29) is 23.5 Å². The van der Waals surface area contributed by atoms with Crippen LogP contribution in [0.5, 0.6) is 0 Å². The van der Waals surface area contributed by atoms with E-state index in [2.05, 4.69) is 15.6 Å². The van der Waals surface area contributed by atoms with Gasteiger partial charge in [0.05, 0.1) is 15.4 Å². The van der Waals surface area contributed by atoms with Crippen LogP contribution >= 0.6 is 0 Å². The summed E-state index contributed by atoms with van der Waals surface area (Å²) in [5.74, 6) is -0.745. The summed E-state index contributed by atoms with van der Waals surface area (Å²) < 4.78 is 65.4. The van der Waals surface area contributed by atoms with Crippen molar-refractivity contribution >= 4 is 38.1 Å². The molecule has 0 atom stereocenters. The van der Waals surface area contributed by atoms with Gasteiger partial charge < -0.3 is 0 Å². The minimum atomic E-state index is -4.77. The summed E-state index contributed by atoms with van der Waals surface area (Å²) in [6.45, 7) is -0.280. The van der Waals surface area contributed by atoms with Crippen molar-refractivity contribution in [2.24, 2.45) is 0 Å². The number of nitrogens with one attached hydrogen (secondary N) is 3. The van der Waals surface area contributed by atoms with Gasteiger partial charge >= 0.3 is 6.18 Å². The van der Waals surface area contributed by atoms with Crippen LogP contribution in [0.2, 0.25) is 0 Å². The van der Waals surface area contributed by atoms with Gasteiger partial charge in [-0.3, -0.25) is 25.8 Å². The normalized spacial score (nSPS) is 11.8. The minimum Gasteiger partial charge on any atom is -0.292 e. The number of alkyl halides is 3. The first-order valence-corrected chi connectivity index (χ1v) is 10.8. The Labute approximate surface area is 185 Å². The van der Waals surface area contributed by atoms with Gasteiger partial charge in [-0.25, -0.2) is 13.1 Å². The number of carbonyl (C=O) groups is 1. The molecule has 13 heteroatoms. The molecule has 3 aromatic carbocycles. The van der Waals surface area contributed by atoms with Crippen LogP contribution in [0.4, 0.5) is 24.5 Å². The summed E-state index contributed by atoms with van der Waals surface area (Å²) in [7, 11) is -3.90. The van der Waals surface area contributed by atoms with Crippen LogP contribution in [0.15, 0.2) is 65.6 Å². The number of hydrogen-bond acceptors (Lipinski definition) is 6. The molecule has 3 rings (SSSR count). The molecule has 9 nitrogen and oxygen atoms in total. The highest BCUT2D eigenvalue weighted by atomic mass is 32.2. The Bertz CT molecular complexity index is 1310. The number of anilines is 1. The third-order valence-electron chi connectivity index (χ3n) is 4.53. The van der Waals surface area contributed by atoms with Crippen molar-refractivity contribution in [1.29, 1.82) is 0 Å². The van der Waals surface area contributed by atoms with Gasteiger partial charge in [0.1, 0.15) is 5.69 Å². The summed E-state index contributed by atoms with van der Waals surface area (Å²) in [6.07, 6.45) is -5.11. The topological polar surface area (TPSA) is 130 Å². The molecule has 0 aliphatic rings. The lowest BCUT2D eigenvalue weighted by molar-refractivity contribution is -0.384. The molecule has 1 amide bonds. The van der Waals surface area contributed by atoms with Gasteiger partial charge in [0, 0.05) is 19.0 Å². The molecule has 0 fully saturated rings. The van der Waals surface area contributed by atoms with Crippen molar-refractivity contribution < 1.29 is 31.3 Å². The summed E-state index contributed by atoms with van der Waals surface area (Å²) in [5, 5.41) is 12.6. The van der Waals surface area contributed by atoms with Crippen molar-refractivity contribution in [2.75, 3.05) is 12.0 Å². The fourth-order valence-electron chi connectivity index (χ4n) is 2.88. The second-order valence-electron chi connectivity index (χ2n) is 6.82. The molecule has 0 spiro atoms. The van der Waals surface area contributed by atoms with Crippen LogP contribution in [-0.4, -0.2) is 25.8 Å². The van der Waals surface area contributed by atoms with Gasteiger partial charge in [-0.05, 0) is 35.0 Å². The molecule has 174 valence electrons.